The highest BCUT2D eigenvalue weighted by Gasteiger charge is 2.30. The van der Waals surface area contributed by atoms with Crippen LogP contribution in [0.4, 0.5) is 5.82 Å². The van der Waals surface area contributed by atoms with Crippen LogP contribution in [-0.4, -0.2) is 23.8 Å². The van der Waals surface area contributed by atoms with Crippen molar-refractivity contribution < 1.29 is 8.42 Å². The number of sulfonamides is 1. The fourth-order valence-corrected chi connectivity index (χ4v) is 4.14. The van der Waals surface area contributed by atoms with Gasteiger partial charge in [-0.05, 0) is 30.9 Å². The van der Waals surface area contributed by atoms with Crippen molar-refractivity contribution in [1.29, 1.82) is 0 Å². The number of rotatable bonds is 6. The van der Waals surface area contributed by atoms with Gasteiger partial charge >= 0.3 is 0 Å². The molecule has 1 aliphatic carbocycles. The molecule has 0 spiro atoms. The smallest absolute Gasteiger partial charge is 0.260 e. The molecule has 0 amide bonds. The zero-order valence-corrected chi connectivity index (χ0v) is 12.8. The van der Waals surface area contributed by atoms with Crippen molar-refractivity contribution in [1.82, 2.24) is 14.1 Å². The maximum atomic E-state index is 12.6. The van der Waals surface area contributed by atoms with Gasteiger partial charge < -0.3 is 5.73 Å². The van der Waals surface area contributed by atoms with E-state index in [4.69, 9.17) is 5.73 Å². The molecule has 114 valence electrons. The Morgan fingerprint density at radius 1 is 1.48 bits per heavy atom. The number of nitrogens with two attached hydrogens (primary N) is 1. The van der Waals surface area contributed by atoms with E-state index in [1.54, 1.807) is 24.4 Å². The molecule has 3 rings (SSSR count). The summed E-state index contributed by atoms with van der Waals surface area (Å²) in [5.41, 5.74) is 6.35. The van der Waals surface area contributed by atoms with Crippen molar-refractivity contribution in [3.8, 4) is 0 Å². The van der Waals surface area contributed by atoms with Crippen molar-refractivity contribution in [2.24, 2.45) is 5.92 Å². The summed E-state index contributed by atoms with van der Waals surface area (Å²) >= 11 is 0. The normalized spacial score (nSPS) is 17.2. The molecule has 1 aliphatic rings. The zero-order chi connectivity index (χ0) is 15.0. The first kappa shape index (κ1) is 14.3. The zero-order valence-electron chi connectivity index (χ0n) is 12.0. The van der Waals surface area contributed by atoms with Crippen LogP contribution >= 0.6 is 0 Å². The van der Waals surface area contributed by atoms with Crippen LogP contribution in [0.3, 0.4) is 0 Å². The molecule has 0 radical (unpaired) electrons. The lowest BCUT2D eigenvalue weighted by atomic mass is 10.1. The quantitative estimate of drug-likeness (QED) is 0.851. The summed E-state index contributed by atoms with van der Waals surface area (Å²) < 4.78 is 29.6. The third kappa shape index (κ3) is 2.89. The molecule has 6 nitrogen and oxygen atoms in total. The summed E-state index contributed by atoms with van der Waals surface area (Å²) in [7, 11) is -3.68. The molecule has 0 aliphatic heterocycles. The van der Waals surface area contributed by atoms with Crippen molar-refractivity contribution >= 4 is 21.5 Å². The molecule has 2 aromatic heterocycles. The maximum absolute atomic E-state index is 12.6. The topological polar surface area (TPSA) is 89.5 Å². The van der Waals surface area contributed by atoms with E-state index in [2.05, 4.69) is 9.71 Å². The van der Waals surface area contributed by atoms with Crippen molar-refractivity contribution in [2.45, 2.75) is 43.7 Å². The Balaban J connectivity index is 1.93. The van der Waals surface area contributed by atoms with Gasteiger partial charge in [-0.1, -0.05) is 25.8 Å². The highest BCUT2D eigenvalue weighted by molar-refractivity contribution is 7.89. The van der Waals surface area contributed by atoms with E-state index in [9.17, 15) is 8.42 Å². The average molecular weight is 308 g/mol. The molecule has 0 bridgehead atoms. The van der Waals surface area contributed by atoms with E-state index >= 15 is 0 Å². The second-order valence-corrected chi connectivity index (χ2v) is 7.27. The number of nitrogens with zero attached hydrogens (tertiary/aromatic N) is 2. The van der Waals surface area contributed by atoms with E-state index in [1.165, 1.54) is 17.2 Å². The number of nitrogen functional groups attached to an aromatic ring is 1. The van der Waals surface area contributed by atoms with Gasteiger partial charge in [0.2, 0.25) is 0 Å². The second kappa shape index (κ2) is 5.31. The number of pyridine rings is 1. The lowest BCUT2D eigenvalue weighted by molar-refractivity contribution is 0.493. The van der Waals surface area contributed by atoms with Crippen LogP contribution in [0.1, 0.15) is 32.6 Å². The Bertz CT molecular complexity index is 749. The van der Waals surface area contributed by atoms with E-state index < -0.39 is 10.0 Å². The van der Waals surface area contributed by atoms with Crippen LogP contribution < -0.4 is 10.5 Å². The van der Waals surface area contributed by atoms with Crippen LogP contribution in [0, 0.1) is 5.92 Å². The molecule has 1 saturated carbocycles. The van der Waals surface area contributed by atoms with Gasteiger partial charge in [-0.2, -0.15) is 0 Å². The monoisotopic (exact) mass is 308 g/mol. The molecule has 0 aromatic carbocycles. The minimum absolute atomic E-state index is 0.0346. The standard InChI is InChI=1S/C14H20N4O2S/c1-2-11(9-10-6-7-10)17-21(19,20)14-13(15)16-12-5-3-4-8-18(12)14/h3-5,8,10-11,17H,2,6-7,9,15H2,1H3. The Hall–Kier alpha value is -1.60. The van der Waals surface area contributed by atoms with Crippen molar-refractivity contribution in [3.05, 3.63) is 24.4 Å². The summed E-state index contributed by atoms with van der Waals surface area (Å²) in [6.07, 6.45) is 5.74. The molecule has 7 heteroatoms. The first-order valence-electron chi connectivity index (χ1n) is 7.26. The van der Waals surface area contributed by atoms with Gasteiger partial charge in [-0.25, -0.2) is 18.1 Å². The molecular weight excluding hydrogens is 288 g/mol. The summed E-state index contributed by atoms with van der Waals surface area (Å²) in [6, 6.07) is 5.25. The Morgan fingerprint density at radius 3 is 2.90 bits per heavy atom. The molecule has 3 N–H and O–H groups in total. The predicted molar refractivity (Wildman–Crippen MR) is 81.3 cm³/mol. The number of hydrogen-bond donors (Lipinski definition) is 2. The Kier molecular flexibility index (Phi) is 3.62. The van der Waals surface area contributed by atoms with Crippen LogP contribution in [0.2, 0.25) is 0 Å². The minimum Gasteiger partial charge on any atom is -0.381 e. The van der Waals surface area contributed by atoms with Gasteiger partial charge in [0.25, 0.3) is 10.0 Å². The van der Waals surface area contributed by atoms with E-state index in [-0.39, 0.29) is 16.9 Å². The second-order valence-electron chi connectivity index (χ2n) is 5.64. The molecular formula is C14H20N4O2S. The lowest BCUT2D eigenvalue weighted by Gasteiger charge is -2.16. The maximum Gasteiger partial charge on any atom is 0.260 e. The van der Waals surface area contributed by atoms with Crippen molar-refractivity contribution in [2.75, 3.05) is 5.73 Å². The van der Waals surface area contributed by atoms with Crippen LogP contribution in [0.15, 0.2) is 29.4 Å². The summed E-state index contributed by atoms with van der Waals surface area (Å²) in [6.45, 7) is 1.99. The SMILES string of the molecule is CCC(CC1CC1)NS(=O)(=O)c1c(N)nc2ccccn12. The predicted octanol–water partition coefficient (Wildman–Crippen LogP) is 1.77. The number of imidazole rings is 1. The van der Waals surface area contributed by atoms with Gasteiger partial charge in [0.05, 0.1) is 0 Å². The fourth-order valence-electron chi connectivity index (χ4n) is 2.59. The fraction of sp³-hybridized carbons (Fsp3) is 0.500. The first-order valence-corrected chi connectivity index (χ1v) is 8.74. The van der Waals surface area contributed by atoms with E-state index in [1.807, 2.05) is 6.92 Å². The molecule has 1 atom stereocenters. The lowest BCUT2D eigenvalue weighted by Crippen LogP contribution is -2.35. The summed E-state index contributed by atoms with van der Waals surface area (Å²) in [5, 5.41) is 0.0346. The van der Waals surface area contributed by atoms with Gasteiger partial charge in [-0.3, -0.25) is 4.40 Å². The first-order chi connectivity index (χ1) is 10.0. The number of hydrogen-bond acceptors (Lipinski definition) is 4. The highest BCUT2D eigenvalue weighted by Crippen LogP contribution is 2.34. The van der Waals surface area contributed by atoms with Gasteiger partial charge in [0.15, 0.2) is 10.8 Å². The third-order valence-corrected chi connectivity index (χ3v) is 5.45. The van der Waals surface area contributed by atoms with Crippen LogP contribution in [0.5, 0.6) is 0 Å². The van der Waals surface area contributed by atoms with Gasteiger partial charge in [-0.15, -0.1) is 0 Å². The molecule has 1 unspecified atom stereocenters. The third-order valence-electron chi connectivity index (χ3n) is 3.90. The number of anilines is 1. The average Bonchev–Trinajstić information content (AvgIpc) is 3.17. The summed E-state index contributed by atoms with van der Waals surface area (Å²) in [4.78, 5) is 4.11. The Labute approximate surface area is 124 Å². The number of aromatic nitrogens is 2. The van der Waals surface area contributed by atoms with E-state index in [0.29, 0.717) is 11.6 Å². The van der Waals surface area contributed by atoms with Crippen LogP contribution in [0.25, 0.3) is 5.65 Å². The minimum atomic E-state index is -3.68. The molecule has 1 fully saturated rings. The Morgan fingerprint density at radius 2 is 2.24 bits per heavy atom. The highest BCUT2D eigenvalue weighted by atomic mass is 32.2. The number of nitrogens with one attached hydrogen (secondary N) is 1. The van der Waals surface area contributed by atoms with Gasteiger partial charge in [0, 0.05) is 12.2 Å². The molecule has 0 saturated heterocycles. The van der Waals surface area contributed by atoms with Crippen molar-refractivity contribution in [3.63, 3.8) is 0 Å². The van der Waals surface area contributed by atoms with Gasteiger partial charge in [0.1, 0.15) is 5.65 Å². The molecule has 2 aromatic rings. The number of fused-ring (bicyclic) bond motifs is 1. The summed E-state index contributed by atoms with van der Waals surface area (Å²) in [5.74, 6) is 0.701. The molecule has 2 heterocycles. The largest absolute Gasteiger partial charge is 0.381 e. The molecule has 21 heavy (non-hydrogen) atoms. The van der Waals surface area contributed by atoms with E-state index in [0.717, 1.165) is 12.8 Å². The van der Waals surface area contributed by atoms with Crippen LogP contribution in [-0.2, 0) is 10.0 Å².